The third kappa shape index (κ3) is 1.01. The van der Waals surface area contributed by atoms with Gasteiger partial charge < -0.3 is 9.84 Å². The summed E-state index contributed by atoms with van der Waals surface area (Å²) >= 11 is 0. The molecule has 0 aromatic heterocycles. The monoisotopic (exact) mass is 168 g/mol. The minimum Gasteiger partial charge on any atom is -0.396 e. The molecule has 1 saturated heterocycles. The number of ether oxygens (including phenoxy) is 1. The number of aliphatic hydroxyl groups is 1. The molecule has 2 heteroatoms. The molecule has 5 unspecified atom stereocenters. The Morgan fingerprint density at radius 2 is 2.08 bits per heavy atom. The van der Waals surface area contributed by atoms with E-state index in [9.17, 15) is 0 Å². The second-order valence-electron chi connectivity index (χ2n) is 4.76. The van der Waals surface area contributed by atoms with E-state index >= 15 is 0 Å². The molecular weight excluding hydrogens is 152 g/mol. The first kappa shape index (κ1) is 7.34. The molecule has 0 aromatic rings. The van der Waals surface area contributed by atoms with Crippen LogP contribution in [0.4, 0.5) is 0 Å². The Bertz CT molecular complexity index is 192. The maximum atomic E-state index is 9.11. The molecule has 3 rings (SSSR count). The lowest BCUT2D eigenvalue weighted by Crippen LogP contribution is -2.33. The van der Waals surface area contributed by atoms with Gasteiger partial charge in [-0.2, -0.15) is 0 Å². The highest BCUT2D eigenvalue weighted by Crippen LogP contribution is 2.51. The van der Waals surface area contributed by atoms with E-state index in [1.165, 1.54) is 25.7 Å². The van der Waals surface area contributed by atoms with E-state index < -0.39 is 0 Å². The van der Waals surface area contributed by atoms with Gasteiger partial charge in [-0.05, 0) is 43.4 Å². The SMILES string of the molecule is OCC1CC2CC(C1)C1OC1C2. The summed E-state index contributed by atoms with van der Waals surface area (Å²) in [5.74, 6) is 2.24. The molecule has 12 heavy (non-hydrogen) atoms. The lowest BCUT2D eigenvalue weighted by Gasteiger charge is -2.36. The van der Waals surface area contributed by atoms with Crippen LogP contribution in [0.2, 0.25) is 0 Å². The predicted molar refractivity (Wildman–Crippen MR) is 44.7 cm³/mol. The zero-order valence-electron chi connectivity index (χ0n) is 7.28. The molecule has 1 aliphatic heterocycles. The zero-order valence-corrected chi connectivity index (χ0v) is 7.28. The van der Waals surface area contributed by atoms with Crippen LogP contribution in [0.3, 0.4) is 0 Å². The van der Waals surface area contributed by atoms with Gasteiger partial charge in [0.05, 0.1) is 12.2 Å². The summed E-state index contributed by atoms with van der Waals surface area (Å²) < 4.78 is 5.60. The maximum absolute atomic E-state index is 9.11. The van der Waals surface area contributed by atoms with Crippen LogP contribution in [0.5, 0.6) is 0 Å². The smallest absolute Gasteiger partial charge is 0.0870 e. The first-order valence-corrected chi connectivity index (χ1v) is 5.13. The molecule has 0 radical (unpaired) electrons. The normalized spacial score (nSPS) is 56.2. The molecule has 1 heterocycles. The van der Waals surface area contributed by atoms with Crippen molar-refractivity contribution in [3.8, 4) is 0 Å². The van der Waals surface area contributed by atoms with E-state index in [0.29, 0.717) is 24.7 Å². The van der Waals surface area contributed by atoms with Crippen LogP contribution in [0, 0.1) is 17.8 Å². The van der Waals surface area contributed by atoms with Crippen LogP contribution >= 0.6 is 0 Å². The summed E-state index contributed by atoms with van der Waals surface area (Å²) in [7, 11) is 0. The fraction of sp³-hybridized carbons (Fsp3) is 1.00. The molecule has 0 aromatic carbocycles. The minimum atomic E-state index is 0.393. The lowest BCUT2D eigenvalue weighted by atomic mass is 9.68. The lowest BCUT2D eigenvalue weighted by molar-refractivity contribution is 0.104. The van der Waals surface area contributed by atoms with Gasteiger partial charge in [0.1, 0.15) is 0 Å². The number of rotatable bonds is 1. The maximum Gasteiger partial charge on any atom is 0.0870 e. The van der Waals surface area contributed by atoms with Crippen molar-refractivity contribution in [2.45, 2.75) is 37.9 Å². The number of hydrogen-bond acceptors (Lipinski definition) is 2. The van der Waals surface area contributed by atoms with Gasteiger partial charge >= 0.3 is 0 Å². The molecule has 0 spiro atoms. The highest BCUT2D eigenvalue weighted by molar-refractivity contribution is 5.00. The molecule has 5 atom stereocenters. The second-order valence-corrected chi connectivity index (χ2v) is 4.76. The largest absolute Gasteiger partial charge is 0.396 e. The van der Waals surface area contributed by atoms with E-state index in [0.717, 1.165) is 11.8 Å². The van der Waals surface area contributed by atoms with Crippen molar-refractivity contribution < 1.29 is 9.84 Å². The first-order valence-electron chi connectivity index (χ1n) is 5.13. The predicted octanol–water partition coefficient (Wildman–Crippen LogP) is 1.18. The summed E-state index contributed by atoms with van der Waals surface area (Å²) in [4.78, 5) is 0. The van der Waals surface area contributed by atoms with Crippen LogP contribution < -0.4 is 0 Å². The Kier molecular flexibility index (Phi) is 1.50. The van der Waals surface area contributed by atoms with Crippen LogP contribution in [0.1, 0.15) is 25.7 Å². The van der Waals surface area contributed by atoms with E-state index in [-0.39, 0.29) is 0 Å². The van der Waals surface area contributed by atoms with Crippen LogP contribution in [-0.2, 0) is 4.74 Å². The van der Waals surface area contributed by atoms with Crippen molar-refractivity contribution >= 4 is 0 Å². The molecule has 3 aliphatic rings. The van der Waals surface area contributed by atoms with E-state index in [1.807, 2.05) is 0 Å². The number of fused-ring (bicyclic) bond motifs is 4. The summed E-state index contributed by atoms with van der Waals surface area (Å²) in [5.41, 5.74) is 0. The summed E-state index contributed by atoms with van der Waals surface area (Å²) in [6, 6.07) is 0. The van der Waals surface area contributed by atoms with Gasteiger partial charge in [0.2, 0.25) is 0 Å². The van der Waals surface area contributed by atoms with Gasteiger partial charge in [-0.1, -0.05) is 0 Å². The van der Waals surface area contributed by atoms with E-state index in [4.69, 9.17) is 9.84 Å². The fourth-order valence-corrected chi connectivity index (χ4v) is 3.32. The molecule has 0 amide bonds. The highest BCUT2D eigenvalue weighted by Gasteiger charge is 2.52. The third-order valence-electron chi connectivity index (χ3n) is 3.85. The van der Waals surface area contributed by atoms with Crippen LogP contribution in [0.25, 0.3) is 0 Å². The molecule has 2 aliphatic carbocycles. The molecular formula is C10H16O2. The minimum absolute atomic E-state index is 0.393. The average Bonchev–Trinajstić information content (AvgIpc) is 2.83. The van der Waals surface area contributed by atoms with Gasteiger partial charge in [0.25, 0.3) is 0 Å². The molecule has 68 valence electrons. The Hall–Kier alpha value is -0.0800. The quantitative estimate of drug-likeness (QED) is 0.596. The molecule has 2 bridgehead atoms. The van der Waals surface area contributed by atoms with Crippen LogP contribution in [0.15, 0.2) is 0 Å². The molecule has 2 nitrogen and oxygen atoms in total. The summed E-state index contributed by atoms with van der Waals surface area (Å²) in [6.07, 6.45) is 6.33. The molecule has 1 N–H and O–H groups in total. The van der Waals surface area contributed by atoms with Gasteiger partial charge in [-0.15, -0.1) is 0 Å². The van der Waals surface area contributed by atoms with Crippen molar-refractivity contribution in [1.29, 1.82) is 0 Å². The van der Waals surface area contributed by atoms with Crippen molar-refractivity contribution in [3.63, 3.8) is 0 Å². The number of epoxide rings is 1. The fourth-order valence-electron chi connectivity index (χ4n) is 3.32. The van der Waals surface area contributed by atoms with Crippen molar-refractivity contribution in [2.75, 3.05) is 6.61 Å². The summed E-state index contributed by atoms with van der Waals surface area (Å²) in [5, 5.41) is 9.11. The van der Waals surface area contributed by atoms with E-state index in [2.05, 4.69) is 0 Å². The standard InChI is InChI=1S/C10H16O2/c11-5-7-1-6-2-8(3-7)10-9(4-6)12-10/h6-11H,1-5H2. The van der Waals surface area contributed by atoms with Gasteiger partial charge in [0, 0.05) is 6.61 Å². The number of aliphatic hydroxyl groups excluding tert-OH is 1. The molecule has 2 saturated carbocycles. The summed E-state index contributed by atoms with van der Waals surface area (Å²) in [6.45, 7) is 0.393. The Balaban J connectivity index is 1.74. The van der Waals surface area contributed by atoms with E-state index in [1.54, 1.807) is 0 Å². The van der Waals surface area contributed by atoms with Gasteiger partial charge in [0.15, 0.2) is 0 Å². The second kappa shape index (κ2) is 2.46. The highest BCUT2D eigenvalue weighted by atomic mass is 16.6. The Morgan fingerprint density at radius 1 is 1.17 bits per heavy atom. The van der Waals surface area contributed by atoms with Crippen molar-refractivity contribution in [2.24, 2.45) is 17.8 Å². The van der Waals surface area contributed by atoms with Gasteiger partial charge in [-0.25, -0.2) is 0 Å². The number of hydrogen-bond donors (Lipinski definition) is 1. The van der Waals surface area contributed by atoms with Crippen molar-refractivity contribution in [1.82, 2.24) is 0 Å². The van der Waals surface area contributed by atoms with Gasteiger partial charge in [-0.3, -0.25) is 0 Å². The Morgan fingerprint density at radius 3 is 2.92 bits per heavy atom. The van der Waals surface area contributed by atoms with Crippen molar-refractivity contribution in [3.05, 3.63) is 0 Å². The Labute approximate surface area is 72.9 Å². The zero-order chi connectivity index (χ0) is 8.13. The third-order valence-corrected chi connectivity index (χ3v) is 3.85. The first-order chi connectivity index (χ1) is 5.86. The molecule has 3 fully saturated rings. The topological polar surface area (TPSA) is 32.8 Å². The average molecular weight is 168 g/mol. The van der Waals surface area contributed by atoms with Crippen LogP contribution in [-0.4, -0.2) is 23.9 Å².